The highest BCUT2D eigenvalue weighted by Gasteiger charge is 2.49. The number of hydrogen-bond acceptors (Lipinski definition) is 7. The van der Waals surface area contributed by atoms with E-state index in [0.717, 1.165) is 0 Å². The summed E-state index contributed by atoms with van der Waals surface area (Å²) in [7, 11) is -4.56. The Balaban J connectivity index is 4.12. The number of carbonyl (C=O) groups is 2. The minimum absolute atomic E-state index is 0.112. The zero-order valence-corrected chi connectivity index (χ0v) is 21.3. The maximum absolute atomic E-state index is 13.8. The molecule has 0 N–H and O–H groups in total. The fraction of sp³-hybridized carbons (Fsp3) is 0.900. The van der Waals surface area contributed by atoms with Crippen molar-refractivity contribution in [3.63, 3.8) is 0 Å². The van der Waals surface area contributed by atoms with E-state index in [2.05, 4.69) is 0 Å². The van der Waals surface area contributed by atoms with Gasteiger partial charge in [-0.15, -0.1) is 0 Å². The van der Waals surface area contributed by atoms with Crippen molar-refractivity contribution >= 4 is 41.4 Å². The highest BCUT2D eigenvalue weighted by Crippen LogP contribution is 2.61. The maximum atomic E-state index is 13.8. The molecule has 0 amide bonds. The lowest BCUT2D eigenvalue weighted by atomic mass is 10.2. The van der Waals surface area contributed by atoms with Crippen LogP contribution in [-0.4, -0.2) is 40.6 Å². The number of unbranched alkanes of at least 4 members (excludes halogenated alkanes) is 2. The zero-order valence-electron chi connectivity index (χ0n) is 18.8. The summed E-state index contributed by atoms with van der Waals surface area (Å²) in [5, 5.41) is 0.230. The number of halogens is 2. The molecule has 0 aliphatic rings. The second-order valence-corrected chi connectivity index (χ2v) is 12.7. The van der Waals surface area contributed by atoms with Gasteiger partial charge in [-0.2, -0.15) is 8.78 Å². The smallest absolute Gasteiger partial charge is 0.304 e. The summed E-state index contributed by atoms with van der Waals surface area (Å²) in [5.41, 5.74) is -3.59. The molecular formula is C20H37F2O5PS2. The highest BCUT2D eigenvalue weighted by atomic mass is 32.2. The molecular weight excluding hydrogens is 453 g/mol. The number of thioether (sulfide) groups is 2. The third kappa shape index (κ3) is 15.0. The lowest BCUT2D eigenvalue weighted by Crippen LogP contribution is -2.17. The Bertz CT molecular complexity index is 516. The van der Waals surface area contributed by atoms with E-state index in [1.165, 1.54) is 23.5 Å². The Morgan fingerprint density at radius 2 is 1.20 bits per heavy atom. The quantitative estimate of drug-likeness (QED) is 0.161. The van der Waals surface area contributed by atoms with E-state index in [1.54, 1.807) is 0 Å². The van der Waals surface area contributed by atoms with Crippen LogP contribution in [0.3, 0.4) is 0 Å². The van der Waals surface area contributed by atoms with Gasteiger partial charge < -0.3 is 9.05 Å². The third-order valence-electron chi connectivity index (χ3n) is 3.76. The summed E-state index contributed by atoms with van der Waals surface area (Å²) < 4.78 is 49.9. The number of carbonyl (C=O) groups excluding carboxylic acids is 2. The van der Waals surface area contributed by atoms with Gasteiger partial charge in [0, 0.05) is 31.3 Å². The molecule has 0 saturated heterocycles. The summed E-state index contributed by atoms with van der Waals surface area (Å²) in [6.45, 7) is 8.20. The highest BCUT2D eigenvalue weighted by molar-refractivity contribution is 8.13. The maximum Gasteiger partial charge on any atom is 0.399 e. The van der Waals surface area contributed by atoms with Crippen molar-refractivity contribution in [3.8, 4) is 0 Å². The van der Waals surface area contributed by atoms with Crippen LogP contribution < -0.4 is 0 Å². The Morgan fingerprint density at radius 1 is 0.833 bits per heavy atom. The van der Waals surface area contributed by atoms with Gasteiger partial charge in [-0.05, 0) is 37.5 Å². The van der Waals surface area contributed by atoms with E-state index in [1.807, 2.05) is 27.7 Å². The van der Waals surface area contributed by atoms with Gasteiger partial charge in [-0.3, -0.25) is 14.2 Å². The van der Waals surface area contributed by atoms with Crippen LogP contribution in [0.2, 0.25) is 0 Å². The van der Waals surface area contributed by atoms with Crippen molar-refractivity contribution in [2.45, 2.75) is 78.8 Å². The predicted molar refractivity (Wildman–Crippen MR) is 122 cm³/mol. The van der Waals surface area contributed by atoms with Gasteiger partial charge in [0.15, 0.2) is 10.2 Å². The van der Waals surface area contributed by atoms with E-state index >= 15 is 0 Å². The molecule has 0 aromatic rings. The Kier molecular flexibility index (Phi) is 15.8. The molecule has 30 heavy (non-hydrogen) atoms. The molecule has 10 heteroatoms. The van der Waals surface area contributed by atoms with Crippen LogP contribution in [0.5, 0.6) is 0 Å². The van der Waals surface area contributed by atoms with Crippen LogP contribution >= 0.6 is 31.1 Å². The topological polar surface area (TPSA) is 69.7 Å². The molecule has 5 nitrogen and oxygen atoms in total. The Morgan fingerprint density at radius 3 is 1.50 bits per heavy atom. The van der Waals surface area contributed by atoms with Crippen LogP contribution in [0, 0.1) is 11.8 Å². The van der Waals surface area contributed by atoms with Gasteiger partial charge in [0.2, 0.25) is 0 Å². The molecule has 0 saturated carbocycles. The van der Waals surface area contributed by atoms with E-state index < -0.39 is 13.3 Å². The second-order valence-electron chi connectivity index (χ2n) is 8.06. The Hall–Kier alpha value is 0.0500. The Labute approximate surface area is 188 Å². The first kappa shape index (κ1) is 30.0. The molecule has 0 aromatic heterocycles. The monoisotopic (exact) mass is 490 g/mol. The van der Waals surface area contributed by atoms with Crippen LogP contribution in [0.25, 0.3) is 0 Å². The first-order chi connectivity index (χ1) is 13.9. The molecule has 0 radical (unpaired) electrons. The van der Waals surface area contributed by atoms with Gasteiger partial charge in [-0.1, -0.05) is 51.2 Å². The zero-order chi connectivity index (χ0) is 23.2. The van der Waals surface area contributed by atoms with Gasteiger partial charge in [0.1, 0.15) is 0 Å². The normalized spacial score (nSPS) is 12.7. The molecule has 0 bridgehead atoms. The van der Waals surface area contributed by atoms with Gasteiger partial charge in [0.25, 0.3) is 0 Å². The number of alkyl halides is 2. The molecule has 0 atom stereocenters. The third-order valence-corrected chi connectivity index (χ3v) is 7.73. The second kappa shape index (κ2) is 15.8. The van der Waals surface area contributed by atoms with Crippen molar-refractivity contribution in [1.82, 2.24) is 0 Å². The van der Waals surface area contributed by atoms with E-state index in [-0.39, 0.29) is 23.4 Å². The predicted octanol–water partition coefficient (Wildman–Crippen LogP) is 7.00. The van der Waals surface area contributed by atoms with Gasteiger partial charge in [-0.25, -0.2) is 0 Å². The first-order valence-corrected chi connectivity index (χ1v) is 14.0. The van der Waals surface area contributed by atoms with Crippen LogP contribution in [-0.2, 0) is 23.2 Å². The van der Waals surface area contributed by atoms with E-state index in [4.69, 9.17) is 9.05 Å². The summed E-state index contributed by atoms with van der Waals surface area (Å²) in [6.07, 6.45) is 3.06. The fourth-order valence-electron chi connectivity index (χ4n) is 2.20. The summed E-state index contributed by atoms with van der Waals surface area (Å²) in [4.78, 5) is 23.2. The minimum atomic E-state index is -4.56. The molecule has 178 valence electrons. The summed E-state index contributed by atoms with van der Waals surface area (Å²) in [6, 6.07) is 0. The standard InChI is InChI=1S/C20H37F2O5PS2/c1-16(2)14-18(23)29-12-8-6-10-26-28(25,20(5,21)22)27-11-7-9-13-30-19(24)15-17(3)4/h16-17H,6-15H2,1-5H3. The van der Waals surface area contributed by atoms with Crippen molar-refractivity contribution in [3.05, 3.63) is 0 Å². The molecule has 0 unspecified atom stereocenters. The summed E-state index contributed by atoms with van der Waals surface area (Å²) in [5.74, 6) is 1.77. The SMILES string of the molecule is CC(C)CC(=O)SCCCCOP(=O)(OCCCCSC(=O)CC(C)C)C(C)(F)F. The molecule has 0 aliphatic heterocycles. The molecule has 0 spiro atoms. The summed E-state index contributed by atoms with van der Waals surface area (Å²) >= 11 is 2.45. The number of hydrogen-bond donors (Lipinski definition) is 0. The minimum Gasteiger partial charge on any atom is -0.304 e. The average Bonchev–Trinajstić information content (AvgIpc) is 2.58. The van der Waals surface area contributed by atoms with Crippen molar-refractivity contribution < 1.29 is 32.0 Å². The van der Waals surface area contributed by atoms with Crippen LogP contribution in [0.4, 0.5) is 8.78 Å². The molecule has 0 aliphatic carbocycles. The van der Waals surface area contributed by atoms with E-state index in [9.17, 15) is 22.9 Å². The fourth-order valence-corrected chi connectivity index (χ4v) is 5.52. The molecule has 0 rings (SSSR count). The van der Waals surface area contributed by atoms with Crippen LogP contribution in [0.15, 0.2) is 0 Å². The largest absolute Gasteiger partial charge is 0.399 e. The van der Waals surface area contributed by atoms with Crippen molar-refractivity contribution in [2.75, 3.05) is 24.7 Å². The van der Waals surface area contributed by atoms with Crippen LogP contribution in [0.1, 0.15) is 73.1 Å². The lowest BCUT2D eigenvalue weighted by molar-refractivity contribution is -0.112. The van der Waals surface area contributed by atoms with Gasteiger partial charge in [0.05, 0.1) is 13.2 Å². The number of rotatable bonds is 17. The van der Waals surface area contributed by atoms with Gasteiger partial charge >= 0.3 is 13.3 Å². The first-order valence-electron chi connectivity index (χ1n) is 10.5. The van der Waals surface area contributed by atoms with Crippen molar-refractivity contribution in [2.24, 2.45) is 11.8 Å². The molecule has 0 fully saturated rings. The van der Waals surface area contributed by atoms with Crippen molar-refractivity contribution in [1.29, 1.82) is 0 Å². The lowest BCUT2D eigenvalue weighted by Gasteiger charge is -2.23. The average molecular weight is 491 g/mol. The van der Waals surface area contributed by atoms with E-state index in [0.29, 0.717) is 68.8 Å². The molecule has 0 aromatic carbocycles. The molecule has 0 heterocycles.